The molecule has 1 aliphatic rings. The van der Waals surface area contributed by atoms with Crippen molar-refractivity contribution in [2.75, 3.05) is 43.4 Å². The lowest BCUT2D eigenvalue weighted by Gasteiger charge is -2.31. The van der Waals surface area contributed by atoms with E-state index in [-0.39, 0.29) is 29.2 Å². The summed E-state index contributed by atoms with van der Waals surface area (Å²) in [5, 5.41) is 27.2. The molecule has 0 aliphatic carbocycles. The second-order valence-corrected chi connectivity index (χ2v) is 17.4. The quantitative estimate of drug-likeness (QED) is 0.0604. The largest absolute Gasteiger partial charge is 0.506 e. The fourth-order valence-corrected chi connectivity index (χ4v) is 8.47. The summed E-state index contributed by atoms with van der Waals surface area (Å²) in [6, 6.07) is 40.5. The average Bonchev–Trinajstić information content (AvgIpc) is 3.33. The molecular weight excluding hydrogens is 843 g/mol. The molecule has 0 spiro atoms. The van der Waals surface area contributed by atoms with Crippen molar-refractivity contribution in [1.82, 2.24) is 15.2 Å². The lowest BCUT2D eigenvalue weighted by Crippen LogP contribution is -2.40. The van der Waals surface area contributed by atoms with Crippen LogP contribution in [-0.4, -0.2) is 77.3 Å². The topological polar surface area (TPSA) is 164 Å². The molecule has 12 heteroatoms. The zero-order chi connectivity index (χ0) is 47.7. The number of carbonyl (C=O) groups excluding carboxylic acids is 3. The van der Waals surface area contributed by atoms with Crippen molar-refractivity contribution in [3.05, 3.63) is 160 Å². The highest BCUT2D eigenvalue weighted by Crippen LogP contribution is 2.32. The molecule has 5 aromatic carbocycles. The molecule has 3 amide bonds. The maximum absolute atomic E-state index is 12.7. The Morgan fingerprint density at radius 1 is 0.851 bits per heavy atom. The van der Waals surface area contributed by atoms with Crippen LogP contribution in [0.1, 0.15) is 81.2 Å². The number of aliphatic hydroxyl groups is 1. The predicted octanol–water partition coefficient (Wildman–Crippen LogP) is 9.59. The monoisotopic (exact) mass is 907 g/mol. The number of para-hydroxylation sites is 1. The summed E-state index contributed by atoms with van der Waals surface area (Å²) in [6.45, 7) is 8.76. The number of carbonyl (C=O) groups is 3. The standard InChI is InChI=1S/C30H35N3O3.C25H30N2O4/c1-3-23-13-15-25(16-14-23)32(2)29(34)19-22-33-20-17-26(18-21-33)36-30(35)31-28-12-8-7-11-27(28)24-9-5-4-6-10-24;1-16(14-19-5-3-4-18(15-19)12-13-26-17(2)28)6-9-22(29)20-7-10-23(30)25-21(20)8-11-24(31)27-25/h4-16,26H,3,17-22H2,1-2H3,(H,31,35);3-5,7-8,10-11,15-16,22,29-30H,6,9,12-14H2,1-2H3,(H,26,28)(H,27,31)/t;16-,22-/m.0/s1. The number of benzene rings is 5. The molecule has 0 bridgehead atoms. The van der Waals surface area contributed by atoms with Crippen molar-refractivity contribution < 1.29 is 29.3 Å². The third-order valence-corrected chi connectivity index (χ3v) is 12.4. The number of likely N-dealkylation sites (tertiary alicyclic amines) is 1. The van der Waals surface area contributed by atoms with Gasteiger partial charge in [0.05, 0.1) is 17.3 Å². The van der Waals surface area contributed by atoms with E-state index in [1.807, 2.05) is 79.8 Å². The molecule has 1 aliphatic heterocycles. The number of nitrogens with zero attached hydrogens (tertiary/aromatic N) is 2. The molecule has 1 saturated heterocycles. The van der Waals surface area contributed by atoms with Gasteiger partial charge in [0, 0.05) is 69.3 Å². The average molecular weight is 908 g/mol. The number of rotatable bonds is 17. The summed E-state index contributed by atoms with van der Waals surface area (Å²) < 4.78 is 5.72. The van der Waals surface area contributed by atoms with Gasteiger partial charge >= 0.3 is 6.09 Å². The van der Waals surface area contributed by atoms with E-state index in [1.165, 1.54) is 35.7 Å². The zero-order valence-electron chi connectivity index (χ0n) is 39.2. The molecule has 5 N–H and O–H groups in total. The number of hydrogen-bond donors (Lipinski definition) is 5. The summed E-state index contributed by atoms with van der Waals surface area (Å²) in [6.07, 6.45) is 4.87. The van der Waals surface area contributed by atoms with E-state index in [9.17, 15) is 29.4 Å². The summed E-state index contributed by atoms with van der Waals surface area (Å²) >= 11 is 0. The van der Waals surface area contributed by atoms with Crippen molar-refractivity contribution in [3.63, 3.8) is 0 Å². The van der Waals surface area contributed by atoms with Gasteiger partial charge in [0.25, 0.3) is 0 Å². The smallest absolute Gasteiger partial charge is 0.411 e. The van der Waals surface area contributed by atoms with Gasteiger partial charge in [0.2, 0.25) is 17.4 Å². The molecule has 6 aromatic rings. The van der Waals surface area contributed by atoms with Crippen molar-refractivity contribution in [2.45, 2.75) is 84.3 Å². The molecule has 1 aromatic heterocycles. The molecule has 2 atom stereocenters. The lowest BCUT2D eigenvalue weighted by atomic mass is 9.92. The van der Waals surface area contributed by atoms with E-state index in [2.05, 4.69) is 64.7 Å². The van der Waals surface area contributed by atoms with Crippen LogP contribution in [0, 0.1) is 5.92 Å². The Morgan fingerprint density at radius 2 is 1.57 bits per heavy atom. The van der Waals surface area contributed by atoms with Gasteiger partial charge in [-0.05, 0) is 109 Å². The van der Waals surface area contributed by atoms with Gasteiger partial charge in [0.15, 0.2) is 0 Å². The van der Waals surface area contributed by atoms with E-state index in [4.69, 9.17) is 4.74 Å². The van der Waals surface area contributed by atoms with Gasteiger partial charge in [-0.3, -0.25) is 19.7 Å². The Balaban J connectivity index is 0.000000224. The van der Waals surface area contributed by atoms with Gasteiger partial charge in [-0.25, -0.2) is 4.79 Å². The minimum absolute atomic E-state index is 0.00426. The molecule has 352 valence electrons. The second-order valence-electron chi connectivity index (χ2n) is 17.4. The number of aryl methyl sites for hydroxylation is 1. The van der Waals surface area contributed by atoms with Crippen LogP contribution in [0.2, 0.25) is 0 Å². The summed E-state index contributed by atoms with van der Waals surface area (Å²) in [5.41, 5.74) is 8.13. The normalized spacial score (nSPS) is 13.7. The van der Waals surface area contributed by atoms with Crippen molar-refractivity contribution >= 4 is 40.2 Å². The number of aromatic hydroxyl groups is 1. The number of anilines is 2. The third-order valence-electron chi connectivity index (χ3n) is 12.4. The van der Waals surface area contributed by atoms with Crippen molar-refractivity contribution in [2.24, 2.45) is 5.92 Å². The van der Waals surface area contributed by atoms with Crippen molar-refractivity contribution in [3.8, 4) is 16.9 Å². The predicted molar refractivity (Wildman–Crippen MR) is 267 cm³/mol. The molecule has 0 radical (unpaired) electrons. The Labute approximate surface area is 394 Å². The number of nitrogens with one attached hydrogen (secondary N) is 3. The number of H-pyrrole nitrogens is 1. The van der Waals surface area contributed by atoms with Crippen LogP contribution < -0.4 is 21.1 Å². The third kappa shape index (κ3) is 14.9. The van der Waals surface area contributed by atoms with Crippen LogP contribution in [0.25, 0.3) is 22.0 Å². The molecule has 7 rings (SSSR count). The van der Waals surface area contributed by atoms with E-state index in [0.29, 0.717) is 48.3 Å². The molecule has 67 heavy (non-hydrogen) atoms. The number of amides is 3. The van der Waals surface area contributed by atoms with Gasteiger partial charge in [-0.1, -0.05) is 105 Å². The first-order valence-electron chi connectivity index (χ1n) is 23.4. The summed E-state index contributed by atoms with van der Waals surface area (Å²) in [5.74, 6) is 0.462. The number of phenols is 1. The molecule has 1 fully saturated rings. The highest BCUT2D eigenvalue weighted by Gasteiger charge is 2.24. The zero-order valence-corrected chi connectivity index (χ0v) is 39.2. The highest BCUT2D eigenvalue weighted by atomic mass is 16.6. The summed E-state index contributed by atoms with van der Waals surface area (Å²) in [7, 11) is 1.83. The molecule has 2 heterocycles. The van der Waals surface area contributed by atoms with Gasteiger partial charge < -0.3 is 35.1 Å². The maximum Gasteiger partial charge on any atom is 0.411 e. The Bertz CT molecular complexity index is 2610. The van der Waals surface area contributed by atoms with E-state index < -0.39 is 12.2 Å². The minimum Gasteiger partial charge on any atom is -0.506 e. The lowest BCUT2D eigenvalue weighted by molar-refractivity contribution is -0.119. The number of fused-ring (bicyclic) bond motifs is 1. The first-order valence-corrected chi connectivity index (χ1v) is 23.4. The number of pyridine rings is 1. The fourth-order valence-electron chi connectivity index (χ4n) is 8.47. The van der Waals surface area contributed by atoms with Crippen LogP contribution in [0.3, 0.4) is 0 Å². The molecule has 12 nitrogen and oxygen atoms in total. The number of aromatic amines is 1. The molecular formula is C55H65N5O7. The highest BCUT2D eigenvalue weighted by molar-refractivity contribution is 5.93. The van der Waals surface area contributed by atoms with E-state index in [1.54, 1.807) is 17.0 Å². The number of piperidine rings is 1. The fraction of sp³-hybridized carbons (Fsp3) is 0.345. The Morgan fingerprint density at radius 3 is 2.30 bits per heavy atom. The SMILES string of the molecule is CC(=O)NCCc1cccc(C[C@@H](C)CC[C@H](O)c2ccc(O)c3[nH]c(=O)ccc23)c1.CCc1ccc(N(C)C(=O)CCN2CCC(OC(=O)Nc3ccccc3-c3ccccc3)CC2)cc1. The number of aliphatic hydroxyl groups excluding tert-OH is 1. The second kappa shape index (κ2) is 24.7. The Kier molecular flexibility index (Phi) is 18.3. The number of ether oxygens (including phenoxy) is 1. The van der Waals surface area contributed by atoms with E-state index >= 15 is 0 Å². The molecule has 0 saturated carbocycles. The van der Waals surface area contributed by atoms with Crippen LogP contribution in [0.5, 0.6) is 5.75 Å². The van der Waals surface area contributed by atoms with Crippen molar-refractivity contribution in [1.29, 1.82) is 0 Å². The Hall–Kier alpha value is -6.76. The van der Waals surface area contributed by atoms with Gasteiger partial charge in [-0.2, -0.15) is 0 Å². The number of phenolic OH excluding ortho intramolecular Hbond substituents is 1. The number of aromatic nitrogens is 1. The van der Waals surface area contributed by atoms with Crippen LogP contribution in [0.15, 0.2) is 132 Å². The van der Waals surface area contributed by atoms with Crippen LogP contribution in [-0.2, 0) is 33.6 Å². The van der Waals surface area contributed by atoms with E-state index in [0.717, 1.165) is 74.1 Å². The van der Waals surface area contributed by atoms with Crippen LogP contribution >= 0.6 is 0 Å². The number of hydrogen-bond acceptors (Lipinski definition) is 8. The van der Waals surface area contributed by atoms with Crippen LogP contribution in [0.4, 0.5) is 16.2 Å². The first kappa shape index (κ1) is 49.7. The maximum atomic E-state index is 12.7. The minimum atomic E-state index is -0.680. The molecule has 0 unspecified atom stereocenters. The van der Waals surface area contributed by atoms with Gasteiger partial charge in [-0.15, -0.1) is 0 Å². The van der Waals surface area contributed by atoms with Gasteiger partial charge in [0.1, 0.15) is 11.9 Å². The first-order chi connectivity index (χ1) is 32.4. The summed E-state index contributed by atoms with van der Waals surface area (Å²) in [4.78, 5) is 54.5.